The lowest BCUT2D eigenvalue weighted by atomic mass is 10.0. The highest BCUT2D eigenvalue weighted by atomic mass is 16.3. The van der Waals surface area contributed by atoms with Crippen LogP contribution in [0.4, 0.5) is 0 Å². The fourth-order valence-corrected chi connectivity index (χ4v) is 1.70. The Bertz CT molecular complexity index is 570. The van der Waals surface area contributed by atoms with E-state index in [9.17, 15) is 5.11 Å². The molecule has 0 unspecified atom stereocenters. The van der Waals surface area contributed by atoms with Gasteiger partial charge in [0.2, 0.25) is 0 Å². The zero-order valence-corrected chi connectivity index (χ0v) is 9.88. The maximum atomic E-state index is 9.90. The minimum Gasteiger partial charge on any atom is -0.386 e. The van der Waals surface area contributed by atoms with E-state index in [0.717, 1.165) is 11.3 Å². The first-order valence-electron chi connectivity index (χ1n) is 5.43. The molecule has 0 aliphatic rings. The highest BCUT2D eigenvalue weighted by Crippen LogP contribution is 2.22. The van der Waals surface area contributed by atoms with Crippen molar-refractivity contribution in [3.63, 3.8) is 0 Å². The molecular formula is C14H14N2O. The predicted molar refractivity (Wildman–Crippen MR) is 65.7 cm³/mol. The highest BCUT2D eigenvalue weighted by Gasteiger charge is 2.17. The van der Waals surface area contributed by atoms with Gasteiger partial charge in [-0.2, -0.15) is 5.26 Å². The largest absolute Gasteiger partial charge is 0.386 e. The molecule has 2 rings (SSSR count). The van der Waals surface area contributed by atoms with Crippen molar-refractivity contribution in [2.24, 2.45) is 0 Å². The van der Waals surface area contributed by atoms with E-state index in [2.05, 4.69) is 6.07 Å². The molecule has 2 aromatic rings. The number of para-hydroxylation sites is 1. The Hall–Kier alpha value is -2.05. The Labute approximate surface area is 101 Å². The summed E-state index contributed by atoms with van der Waals surface area (Å²) in [7, 11) is 0. The van der Waals surface area contributed by atoms with E-state index in [-0.39, 0.29) is 0 Å². The van der Waals surface area contributed by atoms with Crippen LogP contribution in [0.5, 0.6) is 0 Å². The van der Waals surface area contributed by atoms with E-state index >= 15 is 0 Å². The van der Waals surface area contributed by atoms with Gasteiger partial charge in [-0.3, -0.25) is 0 Å². The lowest BCUT2D eigenvalue weighted by Crippen LogP contribution is -2.14. The summed E-state index contributed by atoms with van der Waals surface area (Å²) >= 11 is 0. The number of hydrogen-bond donors (Lipinski definition) is 1. The molecule has 0 saturated heterocycles. The molecule has 3 nitrogen and oxygen atoms in total. The molecule has 1 heterocycles. The fourth-order valence-electron chi connectivity index (χ4n) is 1.70. The number of aromatic nitrogens is 1. The lowest BCUT2D eigenvalue weighted by molar-refractivity contribution is 0.0787. The van der Waals surface area contributed by atoms with Crippen LogP contribution in [0.2, 0.25) is 0 Å². The van der Waals surface area contributed by atoms with E-state index in [1.165, 1.54) is 0 Å². The molecule has 0 spiro atoms. The maximum Gasteiger partial charge on any atom is 0.101 e. The second-order valence-electron chi connectivity index (χ2n) is 4.50. The van der Waals surface area contributed by atoms with Crippen molar-refractivity contribution >= 4 is 0 Å². The van der Waals surface area contributed by atoms with Gasteiger partial charge in [0.15, 0.2) is 0 Å². The third-order valence-corrected chi connectivity index (χ3v) is 2.70. The monoisotopic (exact) mass is 226 g/mol. The normalized spacial score (nSPS) is 11.2. The lowest BCUT2D eigenvalue weighted by Gasteiger charge is -2.14. The van der Waals surface area contributed by atoms with E-state index in [1.54, 1.807) is 19.9 Å². The summed E-state index contributed by atoms with van der Waals surface area (Å²) in [5, 5.41) is 18.9. The van der Waals surface area contributed by atoms with Crippen LogP contribution in [0.25, 0.3) is 5.69 Å². The third kappa shape index (κ3) is 2.22. The number of rotatable bonds is 2. The number of hydrogen-bond acceptors (Lipinski definition) is 2. The Balaban J connectivity index is 2.49. The Kier molecular flexibility index (Phi) is 2.74. The van der Waals surface area contributed by atoms with Crippen molar-refractivity contribution in [2.45, 2.75) is 19.4 Å². The van der Waals surface area contributed by atoms with Crippen molar-refractivity contribution in [3.8, 4) is 11.8 Å². The van der Waals surface area contributed by atoms with Crippen molar-refractivity contribution in [1.82, 2.24) is 4.57 Å². The first-order valence-corrected chi connectivity index (χ1v) is 5.43. The molecule has 86 valence electrons. The van der Waals surface area contributed by atoms with E-state index in [1.807, 2.05) is 41.2 Å². The fraction of sp³-hybridized carbons (Fsp3) is 0.214. The first-order chi connectivity index (χ1) is 8.02. The van der Waals surface area contributed by atoms with E-state index in [0.29, 0.717) is 5.56 Å². The van der Waals surface area contributed by atoms with Crippen molar-refractivity contribution < 1.29 is 5.11 Å². The van der Waals surface area contributed by atoms with Gasteiger partial charge in [0.25, 0.3) is 0 Å². The molecule has 1 aromatic heterocycles. The summed E-state index contributed by atoms with van der Waals surface area (Å²) in [6, 6.07) is 11.4. The second kappa shape index (κ2) is 4.08. The molecule has 0 saturated carbocycles. The average Bonchev–Trinajstić information content (AvgIpc) is 2.77. The van der Waals surface area contributed by atoms with Gasteiger partial charge in [-0.1, -0.05) is 12.1 Å². The van der Waals surface area contributed by atoms with Crippen LogP contribution in [0.15, 0.2) is 42.7 Å². The molecule has 0 amide bonds. The average molecular weight is 226 g/mol. The predicted octanol–water partition coefficient (Wildman–Crippen LogP) is 2.58. The van der Waals surface area contributed by atoms with Gasteiger partial charge in [-0.05, 0) is 32.0 Å². The molecule has 3 heteroatoms. The minimum atomic E-state index is -0.868. The van der Waals surface area contributed by atoms with Gasteiger partial charge in [-0.25, -0.2) is 0 Å². The van der Waals surface area contributed by atoms with Crippen molar-refractivity contribution in [3.05, 3.63) is 53.9 Å². The number of benzene rings is 1. The van der Waals surface area contributed by atoms with Gasteiger partial charge in [0.05, 0.1) is 16.9 Å². The van der Waals surface area contributed by atoms with Gasteiger partial charge >= 0.3 is 0 Å². The van der Waals surface area contributed by atoms with Gasteiger partial charge < -0.3 is 9.67 Å². The topological polar surface area (TPSA) is 49.0 Å². The summed E-state index contributed by atoms with van der Waals surface area (Å²) in [4.78, 5) is 0. The Morgan fingerprint density at radius 1 is 1.24 bits per heavy atom. The third-order valence-electron chi connectivity index (χ3n) is 2.70. The minimum absolute atomic E-state index is 0.616. The molecule has 17 heavy (non-hydrogen) atoms. The molecule has 1 aromatic carbocycles. The molecule has 1 N–H and O–H groups in total. The van der Waals surface area contributed by atoms with Crippen LogP contribution in [0.1, 0.15) is 25.0 Å². The van der Waals surface area contributed by atoms with Gasteiger partial charge in [0, 0.05) is 18.0 Å². The zero-order chi connectivity index (χ0) is 12.5. The van der Waals surface area contributed by atoms with Gasteiger partial charge in [0.1, 0.15) is 6.07 Å². The summed E-state index contributed by atoms with van der Waals surface area (Å²) in [6.45, 7) is 3.48. The smallest absolute Gasteiger partial charge is 0.101 e. The molecule has 0 aliphatic carbocycles. The summed E-state index contributed by atoms with van der Waals surface area (Å²) < 4.78 is 1.85. The Morgan fingerprint density at radius 2 is 1.94 bits per heavy atom. The van der Waals surface area contributed by atoms with Crippen LogP contribution < -0.4 is 0 Å². The van der Waals surface area contributed by atoms with Gasteiger partial charge in [-0.15, -0.1) is 0 Å². The first kappa shape index (κ1) is 11.4. The van der Waals surface area contributed by atoms with Crippen molar-refractivity contribution in [2.75, 3.05) is 0 Å². The number of nitrogens with zero attached hydrogens (tertiary/aromatic N) is 2. The summed E-state index contributed by atoms with van der Waals surface area (Å²) in [5.74, 6) is 0. The maximum absolute atomic E-state index is 9.90. The standard InChI is InChI=1S/C14H14N2O/c1-14(2,17)12-7-8-16(10-12)13-6-4-3-5-11(13)9-15/h3-8,10,17H,1-2H3. The Morgan fingerprint density at radius 3 is 2.53 bits per heavy atom. The molecule has 0 fully saturated rings. The highest BCUT2D eigenvalue weighted by molar-refractivity contribution is 5.49. The molecule has 0 aliphatic heterocycles. The number of nitriles is 1. The van der Waals surface area contributed by atoms with E-state index in [4.69, 9.17) is 5.26 Å². The molecule has 0 bridgehead atoms. The molecule has 0 atom stereocenters. The SMILES string of the molecule is CC(C)(O)c1ccn(-c2ccccc2C#N)c1. The summed E-state index contributed by atoms with van der Waals surface area (Å²) in [5.41, 5.74) is 1.40. The number of aliphatic hydroxyl groups is 1. The zero-order valence-electron chi connectivity index (χ0n) is 9.88. The summed E-state index contributed by atoms with van der Waals surface area (Å²) in [6.07, 6.45) is 3.69. The molecule has 0 radical (unpaired) electrons. The van der Waals surface area contributed by atoms with Crippen molar-refractivity contribution in [1.29, 1.82) is 5.26 Å². The van der Waals surface area contributed by atoms with E-state index < -0.39 is 5.60 Å². The van der Waals surface area contributed by atoms with Crippen LogP contribution >= 0.6 is 0 Å². The van der Waals surface area contributed by atoms with Crippen LogP contribution in [-0.2, 0) is 5.60 Å². The molecular weight excluding hydrogens is 212 g/mol. The van der Waals surface area contributed by atoms with Crippen LogP contribution in [-0.4, -0.2) is 9.67 Å². The van der Waals surface area contributed by atoms with Crippen LogP contribution in [0.3, 0.4) is 0 Å². The second-order valence-corrected chi connectivity index (χ2v) is 4.50. The van der Waals surface area contributed by atoms with Crippen LogP contribution in [0, 0.1) is 11.3 Å². The quantitative estimate of drug-likeness (QED) is 0.855.